The summed E-state index contributed by atoms with van der Waals surface area (Å²) in [6.07, 6.45) is 72.4. The van der Waals surface area contributed by atoms with Gasteiger partial charge in [0.1, 0.15) is 13.2 Å². The van der Waals surface area contributed by atoms with E-state index in [1.165, 1.54) is 96.3 Å². The molecule has 1 atom stereocenters. The molecule has 0 saturated heterocycles. The third kappa shape index (κ3) is 53.2. The van der Waals surface area contributed by atoms with Crippen molar-refractivity contribution >= 4 is 17.9 Å². The molecule has 0 bridgehead atoms. The van der Waals surface area contributed by atoms with E-state index in [2.05, 4.69) is 118 Å². The van der Waals surface area contributed by atoms with Crippen molar-refractivity contribution in [3.63, 3.8) is 0 Å². The van der Waals surface area contributed by atoms with Crippen LogP contribution >= 0.6 is 0 Å². The zero-order valence-corrected chi connectivity index (χ0v) is 43.6. The molecular weight excluding hydrogens is 829 g/mol. The fraction of sp³-hybridized carbons (Fsp3) is 0.689. The number of unbranched alkanes of at least 4 members (excludes halogenated alkanes) is 25. The molecule has 67 heavy (non-hydrogen) atoms. The van der Waals surface area contributed by atoms with E-state index in [9.17, 15) is 14.4 Å². The van der Waals surface area contributed by atoms with Crippen LogP contribution in [0.25, 0.3) is 0 Å². The minimum absolute atomic E-state index is 0.0973. The summed E-state index contributed by atoms with van der Waals surface area (Å²) in [6, 6.07) is 0. The van der Waals surface area contributed by atoms with E-state index < -0.39 is 6.10 Å². The third-order valence-electron chi connectivity index (χ3n) is 11.7. The van der Waals surface area contributed by atoms with Crippen LogP contribution in [0.4, 0.5) is 0 Å². The van der Waals surface area contributed by atoms with Gasteiger partial charge in [0.25, 0.3) is 0 Å². The molecular formula is C61H102O6. The van der Waals surface area contributed by atoms with Crippen LogP contribution < -0.4 is 0 Å². The van der Waals surface area contributed by atoms with Crippen LogP contribution in [0.1, 0.15) is 252 Å². The van der Waals surface area contributed by atoms with Crippen LogP contribution in [0.15, 0.2) is 97.2 Å². The van der Waals surface area contributed by atoms with Crippen molar-refractivity contribution in [2.24, 2.45) is 0 Å². The Balaban J connectivity index is 4.49. The van der Waals surface area contributed by atoms with Gasteiger partial charge < -0.3 is 14.2 Å². The summed E-state index contributed by atoms with van der Waals surface area (Å²) in [7, 11) is 0. The minimum atomic E-state index is -0.804. The second kappa shape index (κ2) is 54.9. The SMILES string of the molecule is CC/C=C\C/C=C\C/C=C\C/C=C\CCCCCC(=O)OC(COC(=O)CCCCCCC\C=C/C=C\C=C/C=C\CCCCC)COC(=O)CCCCCCCCCCCCCCCCC. The Morgan fingerprint density at radius 2 is 0.642 bits per heavy atom. The number of rotatable bonds is 49. The topological polar surface area (TPSA) is 78.9 Å². The Morgan fingerprint density at radius 1 is 0.328 bits per heavy atom. The maximum Gasteiger partial charge on any atom is 0.306 e. The molecule has 382 valence electrons. The van der Waals surface area contributed by atoms with Gasteiger partial charge in [0, 0.05) is 19.3 Å². The summed E-state index contributed by atoms with van der Waals surface area (Å²) < 4.78 is 16.8. The van der Waals surface area contributed by atoms with Gasteiger partial charge in [-0.3, -0.25) is 14.4 Å². The number of allylic oxidation sites excluding steroid dienone is 16. The lowest BCUT2D eigenvalue weighted by Crippen LogP contribution is -2.30. The van der Waals surface area contributed by atoms with Crippen molar-refractivity contribution in [3.8, 4) is 0 Å². The van der Waals surface area contributed by atoms with Gasteiger partial charge in [-0.2, -0.15) is 0 Å². The molecule has 0 amide bonds. The number of esters is 3. The molecule has 0 aliphatic heterocycles. The number of hydrogen-bond donors (Lipinski definition) is 0. The maximum absolute atomic E-state index is 12.8. The highest BCUT2D eigenvalue weighted by Crippen LogP contribution is 2.15. The molecule has 0 heterocycles. The first kappa shape index (κ1) is 63.3. The molecule has 0 spiro atoms. The van der Waals surface area contributed by atoms with Gasteiger partial charge >= 0.3 is 17.9 Å². The van der Waals surface area contributed by atoms with Crippen LogP contribution in [-0.2, 0) is 28.6 Å². The zero-order valence-electron chi connectivity index (χ0n) is 43.6. The van der Waals surface area contributed by atoms with Crippen molar-refractivity contribution in [2.45, 2.75) is 258 Å². The molecule has 0 rings (SSSR count). The van der Waals surface area contributed by atoms with Crippen LogP contribution in [0.2, 0.25) is 0 Å². The average molecular weight is 931 g/mol. The Labute approximate surface area is 413 Å². The summed E-state index contributed by atoms with van der Waals surface area (Å²) >= 11 is 0. The van der Waals surface area contributed by atoms with Crippen LogP contribution in [0, 0.1) is 0 Å². The van der Waals surface area contributed by atoms with E-state index in [0.717, 1.165) is 116 Å². The summed E-state index contributed by atoms with van der Waals surface area (Å²) in [6.45, 7) is 6.45. The van der Waals surface area contributed by atoms with E-state index in [1.807, 2.05) is 0 Å². The van der Waals surface area contributed by atoms with Crippen molar-refractivity contribution in [3.05, 3.63) is 97.2 Å². The molecule has 0 fully saturated rings. The molecule has 0 aromatic heterocycles. The predicted octanol–water partition coefficient (Wildman–Crippen LogP) is 18.5. The number of hydrogen-bond acceptors (Lipinski definition) is 6. The van der Waals surface area contributed by atoms with Gasteiger partial charge in [-0.15, -0.1) is 0 Å². The second-order valence-corrected chi connectivity index (χ2v) is 18.2. The van der Waals surface area contributed by atoms with Gasteiger partial charge in [0.05, 0.1) is 0 Å². The fourth-order valence-electron chi connectivity index (χ4n) is 7.50. The van der Waals surface area contributed by atoms with Gasteiger partial charge in [0.2, 0.25) is 0 Å². The molecule has 1 unspecified atom stereocenters. The van der Waals surface area contributed by atoms with Gasteiger partial charge in [-0.25, -0.2) is 0 Å². The smallest absolute Gasteiger partial charge is 0.306 e. The molecule has 0 aromatic carbocycles. The Hall–Kier alpha value is -3.67. The first-order valence-electron chi connectivity index (χ1n) is 27.8. The zero-order chi connectivity index (χ0) is 48.6. The highest BCUT2D eigenvalue weighted by molar-refractivity contribution is 5.71. The second-order valence-electron chi connectivity index (χ2n) is 18.2. The molecule has 0 aliphatic rings. The molecule has 0 aromatic rings. The largest absolute Gasteiger partial charge is 0.462 e. The lowest BCUT2D eigenvalue weighted by atomic mass is 10.0. The molecule has 0 N–H and O–H groups in total. The molecule has 0 radical (unpaired) electrons. The van der Waals surface area contributed by atoms with Crippen LogP contribution in [0.5, 0.6) is 0 Å². The number of carbonyl (C=O) groups excluding carboxylic acids is 3. The molecule has 0 aliphatic carbocycles. The number of carbonyl (C=O) groups is 3. The van der Waals surface area contributed by atoms with E-state index in [0.29, 0.717) is 12.8 Å². The predicted molar refractivity (Wildman–Crippen MR) is 288 cm³/mol. The summed E-state index contributed by atoms with van der Waals surface area (Å²) in [5.74, 6) is -0.950. The summed E-state index contributed by atoms with van der Waals surface area (Å²) in [4.78, 5) is 38.1. The normalized spacial score (nSPS) is 12.8. The average Bonchev–Trinajstić information content (AvgIpc) is 3.33. The highest BCUT2D eigenvalue weighted by atomic mass is 16.6. The van der Waals surface area contributed by atoms with Crippen LogP contribution in [-0.4, -0.2) is 37.2 Å². The van der Waals surface area contributed by atoms with E-state index in [1.54, 1.807) is 0 Å². The third-order valence-corrected chi connectivity index (χ3v) is 11.7. The monoisotopic (exact) mass is 931 g/mol. The summed E-state index contributed by atoms with van der Waals surface area (Å²) in [5, 5.41) is 0. The minimum Gasteiger partial charge on any atom is -0.462 e. The first-order chi connectivity index (χ1) is 33.0. The quantitative estimate of drug-likeness (QED) is 0.0199. The van der Waals surface area contributed by atoms with E-state index in [4.69, 9.17) is 14.2 Å². The Kier molecular flexibility index (Phi) is 51.9. The lowest BCUT2D eigenvalue weighted by Gasteiger charge is -2.18. The van der Waals surface area contributed by atoms with E-state index in [-0.39, 0.29) is 37.5 Å². The van der Waals surface area contributed by atoms with Gasteiger partial charge in [-0.1, -0.05) is 246 Å². The standard InChI is InChI=1S/C61H102O6/c1-4-7-10-13-16-19-22-25-28-30-31-34-36-39-42-45-48-51-54-60(63)66-57-58(56-65-59(62)53-50-47-44-41-38-35-32-27-24-21-18-15-12-9-6-3)67-61(64)55-52-49-46-43-40-37-33-29-26-23-20-17-14-11-8-5-2/h8,11,16-17,19-20,22,25-26,28-31,34,37,40,58H,4-7,9-10,12-15,18,21,23-24,27,32-33,35-36,38-39,41-57H2,1-3H3/b11-8-,19-16-,20-17-,25-22-,29-26-,30-28-,34-31-,40-37-. The first-order valence-corrected chi connectivity index (χ1v) is 27.8. The maximum atomic E-state index is 12.8. The molecule has 6 heteroatoms. The van der Waals surface area contributed by atoms with Crippen LogP contribution in [0.3, 0.4) is 0 Å². The Bertz CT molecular complexity index is 1350. The van der Waals surface area contributed by atoms with Crippen molar-refractivity contribution in [1.29, 1.82) is 0 Å². The van der Waals surface area contributed by atoms with E-state index >= 15 is 0 Å². The van der Waals surface area contributed by atoms with Crippen molar-refractivity contribution in [1.82, 2.24) is 0 Å². The van der Waals surface area contributed by atoms with Gasteiger partial charge in [-0.05, 0) is 83.5 Å². The van der Waals surface area contributed by atoms with Gasteiger partial charge in [0.15, 0.2) is 6.10 Å². The molecule has 0 saturated carbocycles. The Morgan fingerprint density at radius 3 is 1.09 bits per heavy atom. The summed E-state index contributed by atoms with van der Waals surface area (Å²) in [5.41, 5.74) is 0. The number of ether oxygens (including phenoxy) is 3. The highest BCUT2D eigenvalue weighted by Gasteiger charge is 2.19. The van der Waals surface area contributed by atoms with Crippen molar-refractivity contribution < 1.29 is 28.6 Å². The fourth-order valence-corrected chi connectivity index (χ4v) is 7.50. The molecule has 6 nitrogen and oxygen atoms in total. The van der Waals surface area contributed by atoms with Crippen molar-refractivity contribution in [2.75, 3.05) is 13.2 Å². The lowest BCUT2D eigenvalue weighted by molar-refractivity contribution is -0.167.